The van der Waals surface area contributed by atoms with Crippen molar-refractivity contribution in [2.75, 3.05) is 6.54 Å². The minimum atomic E-state index is -0.290. The molecule has 20 heavy (non-hydrogen) atoms. The minimum absolute atomic E-state index is 0.00361. The van der Waals surface area contributed by atoms with Crippen molar-refractivity contribution in [3.8, 4) is 0 Å². The van der Waals surface area contributed by atoms with Crippen molar-refractivity contribution in [1.29, 1.82) is 0 Å². The van der Waals surface area contributed by atoms with E-state index in [9.17, 15) is 4.79 Å². The maximum atomic E-state index is 12.2. The molecule has 2 heterocycles. The van der Waals surface area contributed by atoms with Gasteiger partial charge in [-0.05, 0) is 30.5 Å². The highest BCUT2D eigenvalue weighted by molar-refractivity contribution is 5.87. The molecule has 0 unspecified atom stereocenters. The highest BCUT2D eigenvalue weighted by Gasteiger charge is 2.26. The number of nitrogens with one attached hydrogen (secondary N) is 2. The van der Waals surface area contributed by atoms with Gasteiger partial charge in [-0.25, -0.2) is 4.98 Å². The van der Waals surface area contributed by atoms with E-state index in [0.717, 1.165) is 29.4 Å². The highest BCUT2D eigenvalue weighted by atomic mass is 16.1. The van der Waals surface area contributed by atoms with Gasteiger partial charge in [0.1, 0.15) is 5.65 Å². The lowest BCUT2D eigenvalue weighted by Crippen LogP contribution is -2.53. The standard InChI is InChI=1S/C15H22N4O/c1-3-15(4-2,10-16)19-13(20)8-11-9-18-14-12(11)6-5-7-17-14/h5-7,9H,3-4,8,10,16H2,1-2H3,(H,17,18)(H,19,20). The van der Waals surface area contributed by atoms with Crippen molar-refractivity contribution in [3.05, 3.63) is 30.1 Å². The number of fused-ring (bicyclic) bond motifs is 1. The van der Waals surface area contributed by atoms with E-state index in [1.165, 1.54) is 0 Å². The number of carbonyl (C=O) groups excluding carboxylic acids is 1. The second-order valence-electron chi connectivity index (χ2n) is 5.13. The first-order valence-corrected chi connectivity index (χ1v) is 7.06. The number of carbonyl (C=O) groups is 1. The molecule has 0 saturated carbocycles. The molecule has 4 N–H and O–H groups in total. The van der Waals surface area contributed by atoms with Crippen molar-refractivity contribution in [2.24, 2.45) is 5.73 Å². The van der Waals surface area contributed by atoms with E-state index in [1.807, 2.05) is 32.2 Å². The first-order valence-electron chi connectivity index (χ1n) is 7.06. The van der Waals surface area contributed by atoms with Gasteiger partial charge < -0.3 is 16.0 Å². The molecule has 2 rings (SSSR count). The quantitative estimate of drug-likeness (QED) is 0.750. The summed E-state index contributed by atoms with van der Waals surface area (Å²) in [7, 11) is 0. The van der Waals surface area contributed by atoms with Crippen LogP contribution in [0.15, 0.2) is 24.5 Å². The van der Waals surface area contributed by atoms with Gasteiger partial charge in [0.2, 0.25) is 5.91 Å². The zero-order valence-electron chi connectivity index (χ0n) is 12.1. The summed E-state index contributed by atoms with van der Waals surface area (Å²) in [5.41, 5.74) is 7.29. The average molecular weight is 274 g/mol. The maximum absolute atomic E-state index is 12.2. The van der Waals surface area contributed by atoms with Crippen molar-refractivity contribution in [1.82, 2.24) is 15.3 Å². The van der Waals surface area contributed by atoms with E-state index in [-0.39, 0.29) is 11.4 Å². The van der Waals surface area contributed by atoms with E-state index < -0.39 is 0 Å². The molecule has 2 aromatic rings. The van der Waals surface area contributed by atoms with Crippen molar-refractivity contribution in [3.63, 3.8) is 0 Å². The van der Waals surface area contributed by atoms with Crippen LogP contribution in [0.1, 0.15) is 32.3 Å². The predicted molar refractivity (Wildman–Crippen MR) is 80.3 cm³/mol. The molecule has 0 radical (unpaired) electrons. The Hall–Kier alpha value is -1.88. The lowest BCUT2D eigenvalue weighted by molar-refractivity contribution is -0.122. The normalized spacial score (nSPS) is 11.8. The van der Waals surface area contributed by atoms with Crippen LogP contribution >= 0.6 is 0 Å². The number of hydrogen-bond donors (Lipinski definition) is 3. The summed E-state index contributed by atoms with van der Waals surface area (Å²) in [6.45, 7) is 4.56. The Balaban J connectivity index is 2.12. The zero-order valence-corrected chi connectivity index (χ0v) is 12.1. The molecular weight excluding hydrogens is 252 g/mol. The number of aromatic amines is 1. The molecule has 0 aliphatic heterocycles. The predicted octanol–water partition coefficient (Wildman–Crippen LogP) is 1.74. The second kappa shape index (κ2) is 6.05. The molecule has 1 amide bonds. The number of pyridine rings is 1. The van der Waals surface area contributed by atoms with Gasteiger partial charge in [0, 0.05) is 24.3 Å². The van der Waals surface area contributed by atoms with Gasteiger partial charge in [-0.3, -0.25) is 4.79 Å². The summed E-state index contributed by atoms with van der Waals surface area (Å²) in [6.07, 6.45) is 5.59. The summed E-state index contributed by atoms with van der Waals surface area (Å²) in [6, 6.07) is 3.84. The van der Waals surface area contributed by atoms with Crippen molar-refractivity contribution >= 4 is 16.9 Å². The number of aromatic nitrogens is 2. The smallest absolute Gasteiger partial charge is 0.224 e. The van der Waals surface area contributed by atoms with Crippen LogP contribution < -0.4 is 11.1 Å². The molecule has 5 nitrogen and oxygen atoms in total. The summed E-state index contributed by atoms with van der Waals surface area (Å²) in [5, 5.41) is 4.08. The van der Waals surface area contributed by atoms with Crippen LogP contribution in [0, 0.1) is 0 Å². The lowest BCUT2D eigenvalue weighted by atomic mass is 9.92. The Morgan fingerprint density at radius 2 is 2.20 bits per heavy atom. The summed E-state index contributed by atoms with van der Waals surface area (Å²) in [4.78, 5) is 19.6. The van der Waals surface area contributed by atoms with E-state index in [1.54, 1.807) is 6.20 Å². The second-order valence-corrected chi connectivity index (χ2v) is 5.13. The number of nitrogens with two attached hydrogens (primary N) is 1. The number of nitrogens with zero attached hydrogens (tertiary/aromatic N) is 1. The van der Waals surface area contributed by atoms with Gasteiger partial charge in [-0.1, -0.05) is 13.8 Å². The summed E-state index contributed by atoms with van der Waals surface area (Å²) >= 11 is 0. The van der Waals surface area contributed by atoms with Gasteiger partial charge in [-0.2, -0.15) is 0 Å². The van der Waals surface area contributed by atoms with Crippen LogP contribution in [-0.2, 0) is 11.2 Å². The van der Waals surface area contributed by atoms with Gasteiger partial charge in [0.25, 0.3) is 0 Å². The average Bonchev–Trinajstić information content (AvgIpc) is 2.88. The fraction of sp³-hybridized carbons (Fsp3) is 0.467. The van der Waals surface area contributed by atoms with Crippen LogP contribution in [0.25, 0.3) is 11.0 Å². The number of rotatable bonds is 6. The molecule has 0 saturated heterocycles. The van der Waals surface area contributed by atoms with Crippen LogP contribution in [0.3, 0.4) is 0 Å². The monoisotopic (exact) mass is 274 g/mol. The first-order chi connectivity index (χ1) is 9.64. The fourth-order valence-electron chi connectivity index (χ4n) is 2.44. The topological polar surface area (TPSA) is 83.8 Å². The Labute approximate surface area is 119 Å². The van der Waals surface area contributed by atoms with Gasteiger partial charge >= 0.3 is 0 Å². The van der Waals surface area contributed by atoms with Gasteiger partial charge in [0.05, 0.1) is 12.0 Å². The number of H-pyrrole nitrogens is 1. The number of hydrogen-bond acceptors (Lipinski definition) is 3. The first kappa shape index (κ1) is 14.5. The largest absolute Gasteiger partial charge is 0.349 e. The molecule has 0 fully saturated rings. The molecule has 0 aromatic carbocycles. The molecule has 0 bridgehead atoms. The van der Waals surface area contributed by atoms with Crippen molar-refractivity contribution in [2.45, 2.75) is 38.6 Å². The summed E-state index contributed by atoms with van der Waals surface area (Å²) in [5.74, 6) is 0.00361. The Morgan fingerprint density at radius 3 is 2.85 bits per heavy atom. The van der Waals surface area contributed by atoms with Crippen LogP contribution in [0.4, 0.5) is 0 Å². The van der Waals surface area contributed by atoms with E-state index in [2.05, 4.69) is 15.3 Å². The van der Waals surface area contributed by atoms with Gasteiger partial charge in [-0.15, -0.1) is 0 Å². The van der Waals surface area contributed by atoms with Crippen LogP contribution in [-0.4, -0.2) is 28.0 Å². The molecule has 0 atom stereocenters. The van der Waals surface area contributed by atoms with Gasteiger partial charge in [0.15, 0.2) is 0 Å². The summed E-state index contributed by atoms with van der Waals surface area (Å²) < 4.78 is 0. The van der Waals surface area contributed by atoms with Crippen molar-refractivity contribution < 1.29 is 4.79 Å². The lowest BCUT2D eigenvalue weighted by Gasteiger charge is -2.31. The molecule has 108 valence electrons. The molecule has 5 heteroatoms. The fourth-order valence-corrected chi connectivity index (χ4v) is 2.44. The van der Waals surface area contributed by atoms with Crippen LogP contribution in [0.2, 0.25) is 0 Å². The third-order valence-electron chi connectivity index (χ3n) is 4.04. The SMILES string of the molecule is CCC(CC)(CN)NC(=O)Cc1c[nH]c2ncccc12. The third kappa shape index (κ3) is 2.82. The highest BCUT2D eigenvalue weighted by Crippen LogP contribution is 2.18. The molecular formula is C15H22N4O. The zero-order chi connectivity index (χ0) is 14.6. The van der Waals surface area contributed by atoms with E-state index in [0.29, 0.717) is 13.0 Å². The Morgan fingerprint density at radius 1 is 1.45 bits per heavy atom. The molecule has 0 aliphatic carbocycles. The van der Waals surface area contributed by atoms with Crippen LogP contribution in [0.5, 0.6) is 0 Å². The third-order valence-corrected chi connectivity index (χ3v) is 4.04. The Kier molecular flexibility index (Phi) is 4.39. The molecule has 0 aliphatic rings. The molecule has 2 aromatic heterocycles. The number of amides is 1. The maximum Gasteiger partial charge on any atom is 0.224 e. The molecule has 0 spiro atoms. The Bertz CT molecular complexity index is 578. The minimum Gasteiger partial charge on any atom is -0.349 e. The van der Waals surface area contributed by atoms with E-state index >= 15 is 0 Å². The van der Waals surface area contributed by atoms with E-state index in [4.69, 9.17) is 5.73 Å².